The van der Waals surface area contributed by atoms with E-state index in [1.165, 1.54) is 6.07 Å². The molecule has 13 heavy (non-hydrogen) atoms. The minimum atomic E-state index is -0.531. The zero-order valence-corrected chi connectivity index (χ0v) is 7.48. The summed E-state index contributed by atoms with van der Waals surface area (Å²) in [6.45, 7) is 1.62. The first-order valence-corrected chi connectivity index (χ1v) is 4.20. The molecule has 0 amide bonds. The minimum absolute atomic E-state index is 0.0237. The van der Waals surface area contributed by atoms with Crippen LogP contribution in [-0.4, -0.2) is 11.7 Å². The van der Waals surface area contributed by atoms with E-state index < -0.39 is 11.6 Å². The van der Waals surface area contributed by atoms with Gasteiger partial charge in [-0.05, 0) is 30.9 Å². The van der Waals surface area contributed by atoms with Crippen molar-refractivity contribution in [3.05, 3.63) is 34.9 Å². The number of hydrogen-bond acceptors (Lipinski definition) is 1. The van der Waals surface area contributed by atoms with E-state index in [-0.39, 0.29) is 6.61 Å². The molecule has 0 unspecified atom stereocenters. The number of aliphatic hydroxyl groups is 1. The van der Waals surface area contributed by atoms with Crippen LogP contribution in [0, 0.1) is 18.6 Å². The molecule has 0 aliphatic carbocycles. The molecule has 1 aromatic rings. The lowest BCUT2D eigenvalue weighted by molar-refractivity contribution is 0.288. The summed E-state index contributed by atoms with van der Waals surface area (Å²) in [5.74, 6) is -1.05. The van der Waals surface area contributed by atoms with Crippen LogP contribution in [0.15, 0.2) is 12.1 Å². The molecule has 0 aromatic heterocycles. The summed E-state index contributed by atoms with van der Waals surface area (Å²) in [6.07, 6.45) is 0.950. The molecule has 1 N–H and O–H groups in total. The van der Waals surface area contributed by atoms with Crippen molar-refractivity contribution < 1.29 is 13.9 Å². The van der Waals surface area contributed by atoms with Crippen LogP contribution < -0.4 is 0 Å². The highest BCUT2D eigenvalue weighted by Gasteiger charge is 2.06. The highest BCUT2D eigenvalue weighted by molar-refractivity contribution is 5.25. The second-order valence-electron chi connectivity index (χ2n) is 3.02. The number of aryl methyl sites for hydroxylation is 2. The van der Waals surface area contributed by atoms with Crippen LogP contribution in [0.5, 0.6) is 0 Å². The number of aliphatic hydroxyl groups excluding tert-OH is 1. The fourth-order valence-corrected chi connectivity index (χ4v) is 1.18. The number of halogens is 2. The molecule has 1 aromatic carbocycles. The van der Waals surface area contributed by atoms with Gasteiger partial charge in [0.25, 0.3) is 0 Å². The standard InChI is InChI=1S/C10H12F2O/c1-7-5-8(3-2-4-13)10(12)6-9(7)11/h5-6,13H,2-4H2,1H3. The Labute approximate surface area is 76.0 Å². The maximum atomic E-state index is 13.0. The van der Waals surface area contributed by atoms with Gasteiger partial charge in [-0.3, -0.25) is 0 Å². The predicted octanol–water partition coefficient (Wildman–Crippen LogP) is 2.20. The zero-order chi connectivity index (χ0) is 9.84. The van der Waals surface area contributed by atoms with Crippen molar-refractivity contribution in [2.24, 2.45) is 0 Å². The first-order valence-electron chi connectivity index (χ1n) is 4.20. The van der Waals surface area contributed by atoms with Gasteiger partial charge in [0.05, 0.1) is 0 Å². The van der Waals surface area contributed by atoms with E-state index >= 15 is 0 Å². The van der Waals surface area contributed by atoms with Gasteiger partial charge in [-0.15, -0.1) is 0 Å². The molecule has 72 valence electrons. The van der Waals surface area contributed by atoms with Gasteiger partial charge in [-0.1, -0.05) is 6.07 Å². The molecule has 3 heteroatoms. The smallest absolute Gasteiger partial charge is 0.129 e. The van der Waals surface area contributed by atoms with Crippen molar-refractivity contribution in [3.63, 3.8) is 0 Å². The molecular weight excluding hydrogens is 174 g/mol. The highest BCUT2D eigenvalue weighted by atomic mass is 19.1. The van der Waals surface area contributed by atoms with Crippen LogP contribution in [0.1, 0.15) is 17.5 Å². The Hall–Kier alpha value is -0.960. The fourth-order valence-electron chi connectivity index (χ4n) is 1.18. The third-order valence-corrected chi connectivity index (χ3v) is 1.93. The third kappa shape index (κ3) is 2.49. The zero-order valence-electron chi connectivity index (χ0n) is 7.48. The summed E-state index contributed by atoms with van der Waals surface area (Å²) >= 11 is 0. The highest BCUT2D eigenvalue weighted by Crippen LogP contribution is 2.15. The Kier molecular flexibility index (Phi) is 3.37. The van der Waals surface area contributed by atoms with E-state index in [2.05, 4.69) is 0 Å². The molecule has 0 fully saturated rings. The lowest BCUT2D eigenvalue weighted by Crippen LogP contribution is -1.96. The normalized spacial score (nSPS) is 10.5. The van der Waals surface area contributed by atoms with Crippen molar-refractivity contribution in [2.75, 3.05) is 6.61 Å². The summed E-state index contributed by atoms with van der Waals surface area (Å²) in [6, 6.07) is 2.38. The fraction of sp³-hybridized carbons (Fsp3) is 0.400. The quantitative estimate of drug-likeness (QED) is 0.767. The van der Waals surface area contributed by atoms with Crippen molar-refractivity contribution in [1.82, 2.24) is 0 Å². The Morgan fingerprint density at radius 3 is 2.54 bits per heavy atom. The average Bonchev–Trinajstić information content (AvgIpc) is 2.09. The molecule has 0 radical (unpaired) electrons. The van der Waals surface area contributed by atoms with Gasteiger partial charge in [0.1, 0.15) is 11.6 Å². The SMILES string of the molecule is Cc1cc(CCCO)c(F)cc1F. The molecule has 0 aliphatic rings. The Morgan fingerprint density at radius 2 is 1.92 bits per heavy atom. The van der Waals surface area contributed by atoms with Gasteiger partial charge in [-0.2, -0.15) is 0 Å². The summed E-state index contributed by atoms with van der Waals surface area (Å²) in [4.78, 5) is 0. The Bertz CT molecular complexity index is 297. The van der Waals surface area contributed by atoms with Gasteiger partial charge >= 0.3 is 0 Å². The number of rotatable bonds is 3. The Balaban J connectivity index is 2.88. The number of hydrogen-bond donors (Lipinski definition) is 1. The number of benzene rings is 1. The second-order valence-corrected chi connectivity index (χ2v) is 3.02. The summed E-state index contributed by atoms with van der Waals surface area (Å²) in [5, 5.41) is 8.55. The van der Waals surface area contributed by atoms with E-state index in [9.17, 15) is 8.78 Å². The van der Waals surface area contributed by atoms with Crippen LogP contribution in [0.4, 0.5) is 8.78 Å². The first kappa shape index (κ1) is 10.1. The van der Waals surface area contributed by atoms with E-state index in [1.807, 2.05) is 0 Å². The molecule has 1 rings (SSSR count). The average molecular weight is 186 g/mol. The van der Waals surface area contributed by atoms with Crippen molar-refractivity contribution in [2.45, 2.75) is 19.8 Å². The topological polar surface area (TPSA) is 20.2 Å². The van der Waals surface area contributed by atoms with Crippen LogP contribution in [0.2, 0.25) is 0 Å². The molecular formula is C10H12F2O. The van der Waals surface area contributed by atoms with Crippen molar-refractivity contribution in [3.8, 4) is 0 Å². The molecule has 1 nitrogen and oxygen atoms in total. The van der Waals surface area contributed by atoms with Gasteiger partial charge in [0.2, 0.25) is 0 Å². The van der Waals surface area contributed by atoms with Crippen LogP contribution in [-0.2, 0) is 6.42 Å². The largest absolute Gasteiger partial charge is 0.396 e. The van der Waals surface area contributed by atoms with Crippen molar-refractivity contribution >= 4 is 0 Å². The first-order chi connectivity index (χ1) is 6.15. The van der Waals surface area contributed by atoms with Crippen LogP contribution in [0.3, 0.4) is 0 Å². The van der Waals surface area contributed by atoms with Crippen molar-refractivity contribution in [1.29, 1.82) is 0 Å². The van der Waals surface area contributed by atoms with Crippen LogP contribution in [0.25, 0.3) is 0 Å². The lowest BCUT2D eigenvalue weighted by atomic mass is 10.1. The van der Waals surface area contributed by atoms with E-state index in [1.54, 1.807) is 6.92 Å². The van der Waals surface area contributed by atoms with Gasteiger partial charge in [0.15, 0.2) is 0 Å². The monoisotopic (exact) mass is 186 g/mol. The maximum absolute atomic E-state index is 13.0. The Morgan fingerprint density at radius 1 is 1.23 bits per heavy atom. The summed E-state index contributed by atoms with van der Waals surface area (Å²) in [5.41, 5.74) is 0.905. The molecule has 0 bridgehead atoms. The third-order valence-electron chi connectivity index (χ3n) is 1.93. The molecule has 0 atom stereocenters. The van der Waals surface area contributed by atoms with Gasteiger partial charge < -0.3 is 5.11 Å². The molecule has 0 saturated carbocycles. The molecule has 0 aliphatic heterocycles. The summed E-state index contributed by atoms with van der Waals surface area (Å²) < 4.78 is 25.8. The predicted molar refractivity (Wildman–Crippen MR) is 46.5 cm³/mol. The van der Waals surface area contributed by atoms with Gasteiger partial charge in [-0.25, -0.2) is 8.78 Å². The second kappa shape index (κ2) is 4.33. The van der Waals surface area contributed by atoms with E-state index in [0.29, 0.717) is 24.0 Å². The van der Waals surface area contributed by atoms with E-state index in [0.717, 1.165) is 6.07 Å². The molecule has 0 heterocycles. The summed E-state index contributed by atoms with van der Waals surface area (Å²) in [7, 11) is 0. The van der Waals surface area contributed by atoms with Crippen LogP contribution >= 0.6 is 0 Å². The van der Waals surface area contributed by atoms with Gasteiger partial charge in [0, 0.05) is 12.7 Å². The molecule has 0 saturated heterocycles. The molecule has 0 spiro atoms. The maximum Gasteiger partial charge on any atom is 0.129 e. The van der Waals surface area contributed by atoms with E-state index in [4.69, 9.17) is 5.11 Å². The lowest BCUT2D eigenvalue weighted by Gasteiger charge is -2.04. The minimum Gasteiger partial charge on any atom is -0.396 e.